The Morgan fingerprint density at radius 1 is 0.808 bits per heavy atom. The summed E-state index contributed by atoms with van der Waals surface area (Å²) in [5.41, 5.74) is 0. The van der Waals surface area contributed by atoms with Gasteiger partial charge in [0, 0.05) is 6.42 Å². The molecule has 0 aliphatic heterocycles. The predicted octanol–water partition coefficient (Wildman–Crippen LogP) is 5.38. The SMILES string of the molecule is CCCCCCC(O)C[N+](CCCCC)(CCCCC)C(CC)C(=O)O. The number of rotatable bonds is 18. The van der Waals surface area contributed by atoms with Gasteiger partial charge in [0.1, 0.15) is 12.6 Å². The molecule has 4 heteroatoms. The predicted molar refractivity (Wildman–Crippen MR) is 110 cm³/mol. The molecule has 0 aromatic heterocycles. The fraction of sp³-hybridized carbons (Fsp3) is 0.955. The molecule has 0 saturated carbocycles. The van der Waals surface area contributed by atoms with Gasteiger partial charge >= 0.3 is 5.97 Å². The first-order valence-electron chi connectivity index (χ1n) is 11.2. The van der Waals surface area contributed by atoms with Crippen molar-refractivity contribution in [3.05, 3.63) is 0 Å². The first-order valence-corrected chi connectivity index (χ1v) is 11.2. The van der Waals surface area contributed by atoms with Crippen molar-refractivity contribution in [3.8, 4) is 0 Å². The highest BCUT2D eigenvalue weighted by Gasteiger charge is 2.41. The Morgan fingerprint density at radius 2 is 1.31 bits per heavy atom. The van der Waals surface area contributed by atoms with Gasteiger partial charge in [0.2, 0.25) is 0 Å². The molecule has 26 heavy (non-hydrogen) atoms. The summed E-state index contributed by atoms with van der Waals surface area (Å²) in [6.07, 6.45) is 12.3. The maximum atomic E-state index is 12.0. The molecular weight excluding hydrogens is 326 g/mol. The highest BCUT2D eigenvalue weighted by atomic mass is 16.4. The molecule has 0 amide bonds. The topological polar surface area (TPSA) is 57.5 Å². The largest absolute Gasteiger partial charge is 0.477 e. The van der Waals surface area contributed by atoms with Crippen LogP contribution in [-0.4, -0.2) is 52.4 Å². The van der Waals surface area contributed by atoms with Gasteiger partial charge in [0.15, 0.2) is 6.04 Å². The summed E-state index contributed by atoms with van der Waals surface area (Å²) in [5, 5.41) is 20.6. The van der Waals surface area contributed by atoms with Crippen LogP contribution >= 0.6 is 0 Å². The third-order valence-corrected chi connectivity index (χ3v) is 5.71. The van der Waals surface area contributed by atoms with Crippen molar-refractivity contribution in [1.82, 2.24) is 0 Å². The van der Waals surface area contributed by atoms with Gasteiger partial charge in [0.05, 0.1) is 13.1 Å². The number of aliphatic carboxylic acids is 1. The summed E-state index contributed by atoms with van der Waals surface area (Å²) in [6, 6.07) is -0.394. The minimum Gasteiger partial charge on any atom is -0.477 e. The average Bonchev–Trinajstić information content (AvgIpc) is 2.59. The molecule has 2 atom stereocenters. The molecular formula is C22H46NO3+. The summed E-state index contributed by atoms with van der Waals surface area (Å²) in [5.74, 6) is -0.696. The fourth-order valence-corrected chi connectivity index (χ4v) is 4.20. The number of hydrogen-bond donors (Lipinski definition) is 2. The number of nitrogens with zero attached hydrogens (tertiary/aromatic N) is 1. The van der Waals surface area contributed by atoms with Crippen LogP contribution in [0.15, 0.2) is 0 Å². The van der Waals surface area contributed by atoms with E-state index in [1.165, 1.54) is 12.8 Å². The van der Waals surface area contributed by atoms with Crippen LogP contribution in [0.2, 0.25) is 0 Å². The van der Waals surface area contributed by atoms with E-state index in [9.17, 15) is 15.0 Å². The van der Waals surface area contributed by atoms with Crippen molar-refractivity contribution in [1.29, 1.82) is 0 Å². The number of aliphatic hydroxyl groups excluding tert-OH is 1. The number of carboxylic acid groups (broad SMARTS) is 1. The van der Waals surface area contributed by atoms with Gasteiger partial charge in [-0.2, -0.15) is 0 Å². The molecule has 0 rings (SSSR count). The Labute approximate surface area is 162 Å². The Bertz CT molecular complexity index is 336. The molecule has 2 N–H and O–H groups in total. The summed E-state index contributed by atoms with van der Waals surface area (Å²) in [6.45, 7) is 10.9. The maximum absolute atomic E-state index is 12.0. The van der Waals surface area contributed by atoms with Crippen molar-refractivity contribution in [2.45, 2.75) is 117 Å². The maximum Gasteiger partial charge on any atom is 0.362 e. The highest BCUT2D eigenvalue weighted by Crippen LogP contribution is 2.24. The zero-order valence-electron chi connectivity index (χ0n) is 18.0. The van der Waals surface area contributed by atoms with Gasteiger partial charge < -0.3 is 14.7 Å². The zero-order valence-corrected chi connectivity index (χ0v) is 18.0. The molecule has 0 saturated heterocycles. The van der Waals surface area contributed by atoms with Gasteiger partial charge in [-0.25, -0.2) is 4.79 Å². The van der Waals surface area contributed by atoms with Gasteiger partial charge in [-0.05, 0) is 32.1 Å². The number of unbranched alkanes of at least 4 members (excludes halogenated alkanes) is 7. The van der Waals surface area contributed by atoms with Gasteiger partial charge in [-0.15, -0.1) is 0 Å². The van der Waals surface area contributed by atoms with E-state index < -0.39 is 12.0 Å². The van der Waals surface area contributed by atoms with Crippen molar-refractivity contribution in [2.75, 3.05) is 19.6 Å². The summed E-state index contributed by atoms with van der Waals surface area (Å²) in [4.78, 5) is 12.0. The lowest BCUT2D eigenvalue weighted by Crippen LogP contribution is -2.62. The third-order valence-electron chi connectivity index (χ3n) is 5.71. The van der Waals surface area contributed by atoms with Gasteiger partial charge in [0.25, 0.3) is 0 Å². The van der Waals surface area contributed by atoms with Crippen molar-refractivity contribution in [3.63, 3.8) is 0 Å². The van der Waals surface area contributed by atoms with Crippen molar-refractivity contribution in [2.24, 2.45) is 0 Å². The van der Waals surface area contributed by atoms with E-state index in [1.807, 2.05) is 6.92 Å². The number of hydrogen-bond acceptors (Lipinski definition) is 2. The lowest BCUT2D eigenvalue weighted by molar-refractivity contribution is -0.946. The second-order valence-electron chi connectivity index (χ2n) is 8.03. The number of carboxylic acids is 1. The summed E-state index contributed by atoms with van der Waals surface area (Å²) < 4.78 is 0.570. The lowest BCUT2D eigenvalue weighted by Gasteiger charge is -2.44. The van der Waals surface area contributed by atoms with Crippen LogP contribution in [0.3, 0.4) is 0 Å². The zero-order chi connectivity index (χ0) is 19.8. The summed E-state index contributed by atoms with van der Waals surface area (Å²) >= 11 is 0. The van der Waals surface area contributed by atoms with E-state index in [1.54, 1.807) is 0 Å². The van der Waals surface area contributed by atoms with Gasteiger partial charge in [-0.3, -0.25) is 0 Å². The molecule has 0 aromatic rings. The van der Waals surface area contributed by atoms with E-state index in [4.69, 9.17) is 0 Å². The van der Waals surface area contributed by atoms with E-state index in [2.05, 4.69) is 20.8 Å². The van der Waals surface area contributed by atoms with Crippen molar-refractivity contribution >= 4 is 5.97 Å². The molecule has 2 unspecified atom stereocenters. The van der Waals surface area contributed by atoms with Crippen LogP contribution in [0.1, 0.15) is 105 Å². The smallest absolute Gasteiger partial charge is 0.362 e. The Hall–Kier alpha value is -0.610. The molecule has 4 nitrogen and oxygen atoms in total. The molecule has 0 spiro atoms. The van der Waals surface area contributed by atoms with Crippen LogP contribution in [0.5, 0.6) is 0 Å². The molecule has 0 bridgehead atoms. The monoisotopic (exact) mass is 372 g/mol. The summed E-state index contributed by atoms with van der Waals surface area (Å²) in [7, 11) is 0. The molecule has 0 aliphatic carbocycles. The minimum atomic E-state index is -0.696. The lowest BCUT2D eigenvalue weighted by atomic mass is 10.0. The number of carbonyl (C=O) groups is 1. The first kappa shape index (κ1) is 25.4. The van der Waals surface area contributed by atoms with Crippen molar-refractivity contribution < 1.29 is 19.5 Å². The molecule has 0 heterocycles. The molecule has 0 fully saturated rings. The highest BCUT2D eigenvalue weighted by molar-refractivity contribution is 5.72. The second kappa shape index (κ2) is 15.4. The Balaban J connectivity index is 5.21. The molecule has 0 radical (unpaired) electrons. The molecule has 0 aromatic carbocycles. The van der Waals surface area contributed by atoms with Crippen LogP contribution in [0.25, 0.3) is 0 Å². The number of aliphatic hydroxyl groups is 1. The van der Waals surface area contributed by atoms with Crippen LogP contribution in [0, 0.1) is 0 Å². The Kier molecular flexibility index (Phi) is 15.1. The quantitative estimate of drug-likeness (QED) is 0.251. The average molecular weight is 373 g/mol. The Morgan fingerprint density at radius 3 is 1.73 bits per heavy atom. The van der Waals surface area contributed by atoms with E-state index in [0.29, 0.717) is 17.4 Å². The van der Waals surface area contributed by atoms with Gasteiger partial charge in [-0.1, -0.05) is 66.2 Å². The van der Waals surface area contributed by atoms with E-state index in [0.717, 1.165) is 70.9 Å². The fourth-order valence-electron chi connectivity index (χ4n) is 4.20. The normalized spacial score (nSPS) is 14.3. The van der Waals surface area contributed by atoms with E-state index >= 15 is 0 Å². The molecule has 156 valence electrons. The van der Waals surface area contributed by atoms with Crippen LogP contribution < -0.4 is 0 Å². The third kappa shape index (κ3) is 9.91. The minimum absolute atomic E-state index is 0.386. The second-order valence-corrected chi connectivity index (χ2v) is 8.03. The molecule has 0 aliphatic rings. The first-order chi connectivity index (χ1) is 12.5. The van der Waals surface area contributed by atoms with Crippen LogP contribution in [0.4, 0.5) is 0 Å². The van der Waals surface area contributed by atoms with Crippen LogP contribution in [-0.2, 0) is 4.79 Å². The standard InChI is InChI=1S/C22H45NO3/c1-5-9-12-13-16-20(24)19-23(17-14-10-6-2,18-15-11-7-3)21(8-4)22(25)26/h20-21,24H,5-19H2,1-4H3/p+1. The number of quaternary nitrogens is 1. The van der Waals surface area contributed by atoms with E-state index in [-0.39, 0.29) is 6.10 Å².